The number of nitrogens with two attached hydrogens (primary N) is 1. The van der Waals surface area contributed by atoms with Crippen LogP contribution in [0.2, 0.25) is 0 Å². The van der Waals surface area contributed by atoms with Gasteiger partial charge in [0.05, 0.1) is 0 Å². The summed E-state index contributed by atoms with van der Waals surface area (Å²) in [7, 11) is 0. The third-order valence-corrected chi connectivity index (χ3v) is 1.92. The molecule has 5 nitrogen and oxygen atoms in total. The average molecular weight is 200 g/mol. The topological polar surface area (TPSA) is 73.6 Å². The summed E-state index contributed by atoms with van der Waals surface area (Å²) in [6.45, 7) is 3.33. The Kier molecular flexibility index (Phi) is 4.25. The van der Waals surface area contributed by atoms with Crippen LogP contribution in [0.4, 0.5) is 0 Å². The van der Waals surface area contributed by atoms with Gasteiger partial charge in [0.1, 0.15) is 19.5 Å². The molecule has 0 spiro atoms. The summed E-state index contributed by atoms with van der Waals surface area (Å²) < 4.78 is 10.0. The molecule has 1 heterocycles. The van der Waals surface area contributed by atoms with Gasteiger partial charge in [0.2, 0.25) is 5.76 Å². The number of hydrogen-bond acceptors (Lipinski definition) is 4. The van der Waals surface area contributed by atoms with Gasteiger partial charge in [-0.05, 0) is 6.42 Å². The maximum absolute atomic E-state index is 11.4. The molecule has 80 valence electrons. The lowest BCUT2D eigenvalue weighted by atomic mass is 10.2. The molecular formula is C9H16N2O3. The Hall–Kier alpha value is -1.23. The molecule has 1 unspecified atom stereocenters. The summed E-state index contributed by atoms with van der Waals surface area (Å²) in [5, 5.41) is 2.67. The number of carbonyl (C=O) groups is 1. The van der Waals surface area contributed by atoms with Gasteiger partial charge in [-0.3, -0.25) is 4.79 Å². The van der Waals surface area contributed by atoms with E-state index in [-0.39, 0.29) is 17.7 Å². The second-order valence-corrected chi connectivity index (χ2v) is 3.08. The van der Waals surface area contributed by atoms with E-state index < -0.39 is 0 Å². The van der Waals surface area contributed by atoms with Gasteiger partial charge in [-0.2, -0.15) is 0 Å². The van der Waals surface area contributed by atoms with E-state index in [1.54, 1.807) is 0 Å². The van der Waals surface area contributed by atoms with Crippen molar-refractivity contribution < 1.29 is 14.3 Å². The zero-order chi connectivity index (χ0) is 10.4. The van der Waals surface area contributed by atoms with Crippen molar-refractivity contribution >= 4 is 5.91 Å². The van der Waals surface area contributed by atoms with Gasteiger partial charge in [0.25, 0.3) is 5.91 Å². The molecular weight excluding hydrogens is 184 g/mol. The maximum atomic E-state index is 11.4. The van der Waals surface area contributed by atoms with Crippen molar-refractivity contribution in [2.75, 3.05) is 19.8 Å². The number of nitrogens with one attached hydrogen (secondary N) is 1. The van der Waals surface area contributed by atoms with Gasteiger partial charge in [-0.1, -0.05) is 6.92 Å². The van der Waals surface area contributed by atoms with E-state index in [2.05, 4.69) is 5.32 Å². The standard InChI is InChI=1S/C9H16N2O3/c1-2-7(10)5-11-9(12)8-6-13-3-4-14-8/h6-7H,2-5,10H2,1H3,(H,11,12). The SMILES string of the molecule is CCC(N)CNC(=O)C1=COCCO1. The molecule has 1 rings (SSSR count). The molecule has 0 aromatic carbocycles. The Morgan fingerprint density at radius 3 is 3.07 bits per heavy atom. The first-order valence-corrected chi connectivity index (χ1v) is 4.72. The molecule has 0 bridgehead atoms. The van der Waals surface area contributed by atoms with Crippen LogP contribution in [-0.2, 0) is 14.3 Å². The zero-order valence-electron chi connectivity index (χ0n) is 8.29. The number of amides is 1. The second-order valence-electron chi connectivity index (χ2n) is 3.08. The molecule has 3 N–H and O–H groups in total. The van der Waals surface area contributed by atoms with E-state index in [0.29, 0.717) is 19.8 Å². The molecule has 0 aromatic rings. The molecule has 1 aliphatic rings. The van der Waals surface area contributed by atoms with Gasteiger partial charge in [0, 0.05) is 12.6 Å². The largest absolute Gasteiger partial charge is 0.494 e. The molecule has 0 saturated heterocycles. The smallest absolute Gasteiger partial charge is 0.289 e. The Labute approximate surface area is 83.2 Å². The molecule has 1 aliphatic heterocycles. The van der Waals surface area contributed by atoms with E-state index in [9.17, 15) is 4.79 Å². The van der Waals surface area contributed by atoms with Gasteiger partial charge < -0.3 is 20.5 Å². The van der Waals surface area contributed by atoms with Crippen LogP contribution in [0.25, 0.3) is 0 Å². The van der Waals surface area contributed by atoms with Crippen molar-refractivity contribution in [2.45, 2.75) is 19.4 Å². The van der Waals surface area contributed by atoms with Gasteiger partial charge >= 0.3 is 0 Å². The van der Waals surface area contributed by atoms with Crippen LogP contribution in [0, 0.1) is 0 Å². The van der Waals surface area contributed by atoms with Crippen LogP contribution >= 0.6 is 0 Å². The van der Waals surface area contributed by atoms with Crippen LogP contribution < -0.4 is 11.1 Å². The van der Waals surface area contributed by atoms with Gasteiger partial charge in [0.15, 0.2) is 0 Å². The average Bonchev–Trinajstić information content (AvgIpc) is 2.26. The minimum absolute atomic E-state index is 0.0101. The summed E-state index contributed by atoms with van der Waals surface area (Å²) in [5.41, 5.74) is 5.64. The first kappa shape index (κ1) is 10.8. The Balaban J connectivity index is 2.30. The van der Waals surface area contributed by atoms with Crippen LogP contribution in [0.5, 0.6) is 0 Å². The van der Waals surface area contributed by atoms with Crippen LogP contribution in [0.15, 0.2) is 12.0 Å². The maximum Gasteiger partial charge on any atom is 0.289 e. The fourth-order valence-electron chi connectivity index (χ4n) is 0.943. The number of ether oxygens (including phenoxy) is 2. The third-order valence-electron chi connectivity index (χ3n) is 1.92. The molecule has 0 fully saturated rings. The highest BCUT2D eigenvalue weighted by Crippen LogP contribution is 2.03. The first-order valence-electron chi connectivity index (χ1n) is 4.72. The molecule has 0 aromatic heterocycles. The summed E-state index contributed by atoms with van der Waals surface area (Å²) in [4.78, 5) is 11.4. The fraction of sp³-hybridized carbons (Fsp3) is 0.667. The highest BCUT2D eigenvalue weighted by atomic mass is 16.6. The summed E-state index contributed by atoms with van der Waals surface area (Å²) in [5.74, 6) is -0.0480. The van der Waals surface area contributed by atoms with E-state index in [1.807, 2.05) is 6.92 Å². The van der Waals surface area contributed by atoms with Gasteiger partial charge in [-0.15, -0.1) is 0 Å². The Morgan fingerprint density at radius 2 is 2.50 bits per heavy atom. The number of carbonyl (C=O) groups excluding carboxylic acids is 1. The van der Waals surface area contributed by atoms with Crippen LogP contribution in [0.3, 0.4) is 0 Å². The molecule has 0 aliphatic carbocycles. The highest BCUT2D eigenvalue weighted by Gasteiger charge is 2.14. The van der Waals surface area contributed by atoms with E-state index in [1.165, 1.54) is 6.26 Å². The predicted molar refractivity (Wildman–Crippen MR) is 51.3 cm³/mol. The monoisotopic (exact) mass is 200 g/mol. The lowest BCUT2D eigenvalue weighted by molar-refractivity contribution is -0.122. The molecule has 14 heavy (non-hydrogen) atoms. The van der Waals surface area contributed by atoms with Crippen molar-refractivity contribution in [3.05, 3.63) is 12.0 Å². The Morgan fingerprint density at radius 1 is 1.71 bits per heavy atom. The number of hydrogen-bond donors (Lipinski definition) is 2. The zero-order valence-corrected chi connectivity index (χ0v) is 8.29. The second kappa shape index (κ2) is 5.49. The molecule has 0 saturated carbocycles. The van der Waals surface area contributed by atoms with Crippen molar-refractivity contribution in [1.82, 2.24) is 5.32 Å². The van der Waals surface area contributed by atoms with Gasteiger partial charge in [-0.25, -0.2) is 0 Å². The molecule has 0 radical (unpaired) electrons. The van der Waals surface area contributed by atoms with Crippen LogP contribution in [0.1, 0.15) is 13.3 Å². The molecule has 1 amide bonds. The summed E-state index contributed by atoms with van der Waals surface area (Å²) in [6.07, 6.45) is 2.16. The number of rotatable bonds is 4. The quantitative estimate of drug-likeness (QED) is 0.655. The van der Waals surface area contributed by atoms with Crippen molar-refractivity contribution in [1.29, 1.82) is 0 Å². The van der Waals surface area contributed by atoms with Crippen molar-refractivity contribution in [2.24, 2.45) is 5.73 Å². The fourth-order valence-corrected chi connectivity index (χ4v) is 0.943. The van der Waals surface area contributed by atoms with E-state index in [0.717, 1.165) is 6.42 Å². The predicted octanol–water partition coefficient (Wildman–Crippen LogP) is -0.272. The normalized spacial score (nSPS) is 17.4. The first-order chi connectivity index (χ1) is 6.74. The lowest BCUT2D eigenvalue weighted by Gasteiger charge is -2.16. The summed E-state index contributed by atoms with van der Waals surface area (Å²) >= 11 is 0. The molecule has 5 heteroatoms. The van der Waals surface area contributed by atoms with Crippen LogP contribution in [-0.4, -0.2) is 31.7 Å². The highest BCUT2D eigenvalue weighted by molar-refractivity contribution is 5.91. The van der Waals surface area contributed by atoms with E-state index in [4.69, 9.17) is 15.2 Å². The van der Waals surface area contributed by atoms with Crippen molar-refractivity contribution in [3.63, 3.8) is 0 Å². The molecule has 1 atom stereocenters. The van der Waals surface area contributed by atoms with E-state index >= 15 is 0 Å². The minimum Gasteiger partial charge on any atom is -0.494 e. The minimum atomic E-state index is -0.270. The Bertz CT molecular complexity index is 228. The lowest BCUT2D eigenvalue weighted by Crippen LogP contribution is -2.38. The third kappa shape index (κ3) is 3.26. The summed E-state index contributed by atoms with van der Waals surface area (Å²) in [6, 6.07) is -0.0101. The van der Waals surface area contributed by atoms with Crippen molar-refractivity contribution in [3.8, 4) is 0 Å².